The van der Waals surface area contributed by atoms with Crippen LogP contribution in [0.15, 0.2) is 52.4 Å². The zero-order valence-electron chi connectivity index (χ0n) is 15.8. The molecule has 0 saturated carbocycles. The smallest absolute Gasteiger partial charge is 0.264 e. The van der Waals surface area contributed by atoms with Crippen LogP contribution in [0.2, 0.25) is 0 Å². The van der Waals surface area contributed by atoms with Crippen LogP contribution >= 0.6 is 11.8 Å². The Morgan fingerprint density at radius 1 is 1.17 bits per heavy atom. The van der Waals surface area contributed by atoms with Gasteiger partial charge in [0.05, 0.1) is 24.8 Å². The number of amidine groups is 1. The summed E-state index contributed by atoms with van der Waals surface area (Å²) in [5.74, 6) is 0.0742. The van der Waals surface area contributed by atoms with Gasteiger partial charge in [0.2, 0.25) is 5.75 Å². The van der Waals surface area contributed by atoms with Crippen LogP contribution in [0.5, 0.6) is 17.2 Å². The zero-order valence-corrected chi connectivity index (χ0v) is 16.6. The molecule has 0 aromatic heterocycles. The summed E-state index contributed by atoms with van der Waals surface area (Å²) < 4.78 is 16.1. The first kappa shape index (κ1) is 20.3. The number of para-hydroxylation sites is 1. The number of hydrogen-bond donors (Lipinski definition) is 2. The molecule has 29 heavy (non-hydrogen) atoms. The molecule has 1 aliphatic rings. The van der Waals surface area contributed by atoms with Gasteiger partial charge in [-0.05, 0) is 47.7 Å². The highest BCUT2D eigenvalue weighted by atomic mass is 32.2. The van der Waals surface area contributed by atoms with E-state index in [1.54, 1.807) is 18.2 Å². The third-order valence-corrected chi connectivity index (χ3v) is 4.69. The van der Waals surface area contributed by atoms with E-state index in [9.17, 15) is 9.59 Å². The van der Waals surface area contributed by atoms with E-state index in [1.807, 2.05) is 30.3 Å². The number of hydrogen-bond acceptors (Lipinski definition) is 7. The number of nitrogens with one attached hydrogen (secondary N) is 1. The van der Waals surface area contributed by atoms with E-state index in [2.05, 4.69) is 10.3 Å². The zero-order chi connectivity index (χ0) is 20.8. The summed E-state index contributed by atoms with van der Waals surface area (Å²) in [6.07, 6.45) is 1.69. The predicted octanol–water partition coefficient (Wildman–Crippen LogP) is 2.46. The van der Waals surface area contributed by atoms with Crippen molar-refractivity contribution in [3.05, 3.63) is 52.9 Å². The Bertz CT molecular complexity index is 964. The quantitative estimate of drug-likeness (QED) is 0.675. The highest BCUT2D eigenvalue weighted by Gasteiger charge is 2.24. The molecule has 0 unspecified atom stereocenters. The summed E-state index contributed by atoms with van der Waals surface area (Å²) in [5, 5.41) is 3.23. The highest BCUT2D eigenvalue weighted by Crippen LogP contribution is 2.40. The molecule has 2 amide bonds. The van der Waals surface area contributed by atoms with Crippen molar-refractivity contribution in [2.45, 2.75) is 0 Å². The summed E-state index contributed by atoms with van der Waals surface area (Å²) in [5.41, 5.74) is 6.53. The second-order valence-electron chi connectivity index (χ2n) is 5.83. The Kier molecular flexibility index (Phi) is 6.40. The number of thioether (sulfide) groups is 1. The standard InChI is InChI=1S/C20H19N3O5S/c1-26-14-8-12(9-15(27-2)18(14)28-11-17(21)24)10-16-19(25)23-20(29-16)22-13-6-4-3-5-7-13/h3-10H,11H2,1-2H3,(H2,21,24)(H,22,23,25)/b16-10-. The van der Waals surface area contributed by atoms with Gasteiger partial charge < -0.3 is 25.3 Å². The molecule has 1 saturated heterocycles. The van der Waals surface area contributed by atoms with E-state index in [0.717, 1.165) is 5.69 Å². The number of amides is 2. The minimum absolute atomic E-state index is 0.253. The number of rotatable bonds is 7. The van der Waals surface area contributed by atoms with Crippen LogP contribution in [0.4, 0.5) is 5.69 Å². The van der Waals surface area contributed by atoms with Gasteiger partial charge in [-0.2, -0.15) is 0 Å². The summed E-state index contributed by atoms with van der Waals surface area (Å²) in [7, 11) is 2.93. The van der Waals surface area contributed by atoms with Crippen LogP contribution in [0, 0.1) is 0 Å². The average molecular weight is 413 g/mol. The molecule has 150 valence electrons. The minimum atomic E-state index is -0.621. The average Bonchev–Trinajstić information content (AvgIpc) is 3.05. The van der Waals surface area contributed by atoms with Crippen molar-refractivity contribution >= 4 is 40.5 Å². The summed E-state index contributed by atoms with van der Waals surface area (Å²) in [4.78, 5) is 28.2. The number of carbonyl (C=O) groups is 2. The minimum Gasteiger partial charge on any atom is -0.493 e. The number of primary amides is 1. The molecule has 9 heteroatoms. The lowest BCUT2D eigenvalue weighted by molar-refractivity contribution is -0.120. The van der Waals surface area contributed by atoms with Crippen molar-refractivity contribution < 1.29 is 23.8 Å². The predicted molar refractivity (Wildman–Crippen MR) is 111 cm³/mol. The lowest BCUT2D eigenvalue weighted by Crippen LogP contribution is -2.20. The van der Waals surface area contributed by atoms with E-state index in [4.69, 9.17) is 19.9 Å². The van der Waals surface area contributed by atoms with Crippen LogP contribution in [-0.4, -0.2) is 37.8 Å². The Balaban J connectivity index is 1.88. The third-order valence-electron chi connectivity index (χ3n) is 3.78. The molecule has 2 aromatic carbocycles. The van der Waals surface area contributed by atoms with Crippen molar-refractivity contribution in [2.75, 3.05) is 20.8 Å². The fraction of sp³-hybridized carbons (Fsp3) is 0.150. The number of nitrogens with two attached hydrogens (primary N) is 1. The van der Waals surface area contributed by atoms with Gasteiger partial charge in [-0.3, -0.25) is 9.59 Å². The maximum atomic E-state index is 12.3. The Morgan fingerprint density at radius 3 is 2.41 bits per heavy atom. The first-order chi connectivity index (χ1) is 14.0. The van der Waals surface area contributed by atoms with Gasteiger partial charge in [-0.25, -0.2) is 4.99 Å². The van der Waals surface area contributed by atoms with E-state index in [0.29, 0.717) is 27.1 Å². The van der Waals surface area contributed by atoms with Crippen LogP contribution in [0.3, 0.4) is 0 Å². The maximum absolute atomic E-state index is 12.3. The number of aliphatic imine (C=N–C) groups is 1. The monoisotopic (exact) mass is 413 g/mol. The molecule has 1 heterocycles. The molecule has 2 aromatic rings. The Morgan fingerprint density at radius 2 is 1.83 bits per heavy atom. The third kappa shape index (κ3) is 5.08. The van der Waals surface area contributed by atoms with Crippen molar-refractivity contribution in [3.63, 3.8) is 0 Å². The molecule has 1 fully saturated rings. The fourth-order valence-electron chi connectivity index (χ4n) is 2.52. The van der Waals surface area contributed by atoms with Crippen LogP contribution in [0.1, 0.15) is 5.56 Å². The van der Waals surface area contributed by atoms with E-state index in [-0.39, 0.29) is 18.3 Å². The first-order valence-corrected chi connectivity index (χ1v) is 9.33. The molecular weight excluding hydrogens is 394 g/mol. The second kappa shape index (κ2) is 9.16. The van der Waals surface area contributed by atoms with Gasteiger partial charge in [0.15, 0.2) is 23.3 Å². The molecule has 0 radical (unpaired) electrons. The maximum Gasteiger partial charge on any atom is 0.264 e. The van der Waals surface area contributed by atoms with E-state index >= 15 is 0 Å². The lowest BCUT2D eigenvalue weighted by Gasteiger charge is -2.14. The molecule has 0 aliphatic carbocycles. The van der Waals surface area contributed by atoms with Crippen LogP contribution in [-0.2, 0) is 9.59 Å². The number of ether oxygens (including phenoxy) is 3. The SMILES string of the molecule is COc1cc(/C=C2\SC(=Nc3ccccc3)NC2=O)cc(OC)c1OCC(N)=O. The fourth-order valence-corrected chi connectivity index (χ4v) is 3.36. The van der Waals surface area contributed by atoms with E-state index in [1.165, 1.54) is 26.0 Å². The Hall–Kier alpha value is -3.46. The number of nitrogens with zero attached hydrogens (tertiary/aromatic N) is 1. The van der Waals surface area contributed by atoms with Crippen molar-refractivity contribution in [1.82, 2.24) is 5.32 Å². The summed E-state index contributed by atoms with van der Waals surface area (Å²) >= 11 is 1.23. The number of carbonyl (C=O) groups excluding carboxylic acids is 2. The van der Waals surface area contributed by atoms with Gasteiger partial charge in [0, 0.05) is 0 Å². The van der Waals surface area contributed by atoms with Crippen molar-refractivity contribution in [3.8, 4) is 17.2 Å². The van der Waals surface area contributed by atoms with Gasteiger partial charge in [0.1, 0.15) is 0 Å². The molecular formula is C20H19N3O5S. The van der Waals surface area contributed by atoms with Crippen LogP contribution in [0.25, 0.3) is 6.08 Å². The molecule has 0 bridgehead atoms. The van der Waals surface area contributed by atoms with Crippen molar-refractivity contribution in [1.29, 1.82) is 0 Å². The molecule has 1 aliphatic heterocycles. The molecule has 3 N–H and O–H groups in total. The normalized spacial score (nSPS) is 16.0. The topological polar surface area (TPSA) is 112 Å². The van der Waals surface area contributed by atoms with Gasteiger partial charge in [-0.1, -0.05) is 18.2 Å². The lowest BCUT2D eigenvalue weighted by atomic mass is 10.1. The van der Waals surface area contributed by atoms with Gasteiger partial charge >= 0.3 is 0 Å². The van der Waals surface area contributed by atoms with Gasteiger partial charge in [-0.15, -0.1) is 0 Å². The number of benzene rings is 2. The summed E-state index contributed by atoms with van der Waals surface area (Å²) in [6, 6.07) is 12.7. The first-order valence-electron chi connectivity index (χ1n) is 8.52. The molecule has 3 rings (SSSR count). The van der Waals surface area contributed by atoms with Gasteiger partial charge in [0.25, 0.3) is 11.8 Å². The molecule has 0 spiro atoms. The van der Waals surface area contributed by atoms with Crippen molar-refractivity contribution in [2.24, 2.45) is 10.7 Å². The van der Waals surface area contributed by atoms with Crippen LogP contribution < -0.4 is 25.3 Å². The molecule has 0 atom stereocenters. The number of methoxy groups -OCH3 is 2. The highest BCUT2D eigenvalue weighted by molar-refractivity contribution is 8.18. The molecule has 8 nitrogen and oxygen atoms in total. The largest absolute Gasteiger partial charge is 0.493 e. The summed E-state index contributed by atoms with van der Waals surface area (Å²) in [6.45, 7) is -0.315. The second-order valence-corrected chi connectivity index (χ2v) is 6.86. The van der Waals surface area contributed by atoms with E-state index < -0.39 is 5.91 Å². The Labute approximate surface area is 171 Å².